The monoisotopic (exact) mass is 255 g/mol. The van der Waals surface area contributed by atoms with Gasteiger partial charge in [-0.15, -0.1) is 0 Å². The molecule has 3 rings (SSSR count). The molecule has 3 heteroatoms. The Bertz CT molecular complexity index is 554. The highest BCUT2D eigenvalue weighted by Gasteiger charge is 2.23. The van der Waals surface area contributed by atoms with Gasteiger partial charge in [0.15, 0.2) is 6.29 Å². The minimum Gasteiger partial charge on any atom is -0.399 e. The van der Waals surface area contributed by atoms with Gasteiger partial charge in [0.2, 0.25) is 0 Å². The van der Waals surface area contributed by atoms with Crippen LogP contribution in [0.15, 0.2) is 48.5 Å². The zero-order chi connectivity index (χ0) is 13.1. The van der Waals surface area contributed by atoms with Gasteiger partial charge in [-0.3, -0.25) is 0 Å². The molecule has 1 heterocycles. The van der Waals surface area contributed by atoms with Crippen molar-refractivity contribution in [2.45, 2.75) is 19.3 Å². The molecule has 98 valence electrons. The van der Waals surface area contributed by atoms with E-state index in [1.807, 2.05) is 36.4 Å². The van der Waals surface area contributed by atoms with E-state index in [0.29, 0.717) is 13.2 Å². The van der Waals surface area contributed by atoms with Crippen molar-refractivity contribution in [2.75, 3.05) is 12.3 Å². The lowest BCUT2D eigenvalue weighted by Gasteiger charge is -2.13. The average molecular weight is 255 g/mol. The van der Waals surface area contributed by atoms with Gasteiger partial charge in [-0.2, -0.15) is 0 Å². The molecule has 1 aliphatic rings. The second kappa shape index (κ2) is 5.43. The second-order valence-corrected chi connectivity index (χ2v) is 4.71. The summed E-state index contributed by atoms with van der Waals surface area (Å²) in [6.45, 7) is 1.24. The lowest BCUT2D eigenvalue weighted by atomic mass is 10.1. The molecular formula is C16H17NO2. The Labute approximate surface area is 113 Å². The number of benzene rings is 2. The van der Waals surface area contributed by atoms with E-state index < -0.39 is 0 Å². The van der Waals surface area contributed by atoms with Gasteiger partial charge in [0.1, 0.15) is 0 Å². The first kappa shape index (κ1) is 12.2. The molecule has 0 aliphatic carbocycles. The number of hydrogen-bond acceptors (Lipinski definition) is 3. The van der Waals surface area contributed by atoms with Crippen molar-refractivity contribution in [3.05, 3.63) is 65.2 Å². The van der Waals surface area contributed by atoms with E-state index in [4.69, 9.17) is 15.2 Å². The fourth-order valence-corrected chi connectivity index (χ4v) is 2.29. The van der Waals surface area contributed by atoms with Crippen molar-refractivity contribution in [1.82, 2.24) is 0 Å². The number of nitrogen functional groups attached to an aromatic ring is 1. The molecule has 2 aromatic rings. The number of hydrogen-bond donors (Lipinski definition) is 1. The van der Waals surface area contributed by atoms with Crippen LogP contribution in [0.2, 0.25) is 0 Å². The summed E-state index contributed by atoms with van der Waals surface area (Å²) in [5, 5.41) is 0. The molecule has 0 aromatic heterocycles. The van der Waals surface area contributed by atoms with E-state index in [-0.39, 0.29) is 6.29 Å². The Morgan fingerprint density at radius 3 is 2.84 bits per heavy atom. The Morgan fingerprint density at radius 2 is 2.00 bits per heavy atom. The van der Waals surface area contributed by atoms with E-state index in [1.54, 1.807) is 0 Å². The summed E-state index contributed by atoms with van der Waals surface area (Å²) in [4.78, 5) is 0. The van der Waals surface area contributed by atoms with E-state index in [9.17, 15) is 0 Å². The molecule has 0 saturated carbocycles. The average Bonchev–Trinajstić information content (AvgIpc) is 2.83. The molecule has 0 radical (unpaired) electrons. The quantitative estimate of drug-likeness (QED) is 0.854. The van der Waals surface area contributed by atoms with Gasteiger partial charge in [0, 0.05) is 11.3 Å². The number of nitrogens with two attached hydrogens (primary N) is 1. The predicted octanol–water partition coefficient (Wildman–Crippen LogP) is 3.06. The smallest absolute Gasteiger partial charge is 0.184 e. The second-order valence-electron chi connectivity index (χ2n) is 4.71. The lowest BCUT2D eigenvalue weighted by Crippen LogP contribution is -2.06. The first-order valence-electron chi connectivity index (χ1n) is 6.48. The van der Waals surface area contributed by atoms with Crippen LogP contribution < -0.4 is 5.73 Å². The molecule has 0 amide bonds. The molecule has 0 saturated heterocycles. The number of ether oxygens (including phenoxy) is 2. The number of anilines is 1. The van der Waals surface area contributed by atoms with Crippen molar-refractivity contribution in [1.29, 1.82) is 0 Å². The third-order valence-electron chi connectivity index (χ3n) is 3.32. The van der Waals surface area contributed by atoms with Gasteiger partial charge in [-0.1, -0.05) is 36.4 Å². The van der Waals surface area contributed by atoms with Crippen LogP contribution in [-0.4, -0.2) is 6.61 Å². The molecule has 19 heavy (non-hydrogen) atoms. The molecule has 1 aliphatic heterocycles. The highest BCUT2D eigenvalue weighted by Crippen LogP contribution is 2.32. The van der Waals surface area contributed by atoms with Crippen LogP contribution in [0, 0.1) is 0 Å². The Hall–Kier alpha value is -1.84. The van der Waals surface area contributed by atoms with Crippen LogP contribution in [0.25, 0.3) is 0 Å². The van der Waals surface area contributed by atoms with Crippen molar-refractivity contribution >= 4 is 5.69 Å². The van der Waals surface area contributed by atoms with Crippen LogP contribution in [0.4, 0.5) is 5.69 Å². The number of rotatable bonds is 4. The molecule has 1 atom stereocenters. The zero-order valence-electron chi connectivity index (χ0n) is 10.7. The molecule has 0 spiro atoms. The molecule has 0 bridgehead atoms. The fraction of sp³-hybridized carbons (Fsp3) is 0.250. The summed E-state index contributed by atoms with van der Waals surface area (Å²) in [6, 6.07) is 16.1. The van der Waals surface area contributed by atoms with Gasteiger partial charge in [0.05, 0.1) is 13.2 Å². The van der Waals surface area contributed by atoms with Crippen LogP contribution in [0.5, 0.6) is 0 Å². The topological polar surface area (TPSA) is 44.5 Å². The first-order valence-corrected chi connectivity index (χ1v) is 6.48. The SMILES string of the molecule is Nc1ccc2c(c1)C(OCCc1ccccc1)OC2. The van der Waals surface area contributed by atoms with Gasteiger partial charge < -0.3 is 15.2 Å². The van der Waals surface area contributed by atoms with E-state index in [2.05, 4.69) is 12.1 Å². The summed E-state index contributed by atoms with van der Waals surface area (Å²) < 4.78 is 11.4. The maximum absolute atomic E-state index is 5.81. The van der Waals surface area contributed by atoms with Crippen LogP contribution in [0.3, 0.4) is 0 Å². The van der Waals surface area contributed by atoms with Gasteiger partial charge in [0.25, 0.3) is 0 Å². The standard InChI is InChI=1S/C16H17NO2/c17-14-7-6-13-11-19-16(15(13)10-14)18-9-8-12-4-2-1-3-5-12/h1-7,10,16H,8-9,11,17H2. The Balaban J connectivity index is 1.59. The summed E-state index contributed by atoms with van der Waals surface area (Å²) >= 11 is 0. The van der Waals surface area contributed by atoms with Crippen LogP contribution in [0.1, 0.15) is 23.0 Å². The number of fused-ring (bicyclic) bond motifs is 1. The van der Waals surface area contributed by atoms with Crippen LogP contribution in [-0.2, 0) is 22.5 Å². The van der Waals surface area contributed by atoms with E-state index in [1.165, 1.54) is 11.1 Å². The molecule has 0 fully saturated rings. The molecule has 1 unspecified atom stereocenters. The largest absolute Gasteiger partial charge is 0.399 e. The highest BCUT2D eigenvalue weighted by atomic mass is 16.7. The molecular weight excluding hydrogens is 238 g/mol. The highest BCUT2D eigenvalue weighted by molar-refractivity contribution is 5.46. The van der Waals surface area contributed by atoms with Crippen molar-refractivity contribution < 1.29 is 9.47 Å². The van der Waals surface area contributed by atoms with Crippen molar-refractivity contribution in [3.8, 4) is 0 Å². The van der Waals surface area contributed by atoms with Crippen molar-refractivity contribution in [3.63, 3.8) is 0 Å². The lowest BCUT2D eigenvalue weighted by molar-refractivity contribution is -0.137. The normalized spacial score (nSPS) is 17.4. The summed E-state index contributed by atoms with van der Waals surface area (Å²) in [5.74, 6) is 0. The van der Waals surface area contributed by atoms with E-state index in [0.717, 1.165) is 17.7 Å². The van der Waals surface area contributed by atoms with Crippen molar-refractivity contribution in [2.24, 2.45) is 0 Å². The first-order chi connectivity index (χ1) is 9.33. The Kier molecular flexibility index (Phi) is 3.49. The minimum atomic E-state index is -0.276. The maximum atomic E-state index is 5.81. The third-order valence-corrected chi connectivity index (χ3v) is 3.32. The summed E-state index contributed by atoms with van der Waals surface area (Å²) in [7, 11) is 0. The predicted molar refractivity (Wildman–Crippen MR) is 74.5 cm³/mol. The van der Waals surface area contributed by atoms with Gasteiger partial charge in [-0.25, -0.2) is 0 Å². The third kappa shape index (κ3) is 2.78. The van der Waals surface area contributed by atoms with E-state index >= 15 is 0 Å². The summed E-state index contributed by atoms with van der Waals surface area (Å²) in [6.07, 6.45) is 0.612. The van der Waals surface area contributed by atoms with Gasteiger partial charge in [-0.05, 0) is 29.7 Å². The molecule has 3 nitrogen and oxygen atoms in total. The zero-order valence-corrected chi connectivity index (χ0v) is 10.7. The fourth-order valence-electron chi connectivity index (χ4n) is 2.29. The molecule has 2 aromatic carbocycles. The van der Waals surface area contributed by atoms with Gasteiger partial charge >= 0.3 is 0 Å². The maximum Gasteiger partial charge on any atom is 0.184 e. The Morgan fingerprint density at radius 1 is 1.16 bits per heavy atom. The minimum absolute atomic E-state index is 0.276. The summed E-state index contributed by atoms with van der Waals surface area (Å²) in [5.41, 5.74) is 10.1. The molecule has 2 N–H and O–H groups in total. The van der Waals surface area contributed by atoms with Crippen LogP contribution >= 0.6 is 0 Å².